The SMILES string of the molecule is CC(C)COc1ccc(C(=O)N2C[C@@H](C(N)=O)CC[C@@H]2C)cn1. The van der Waals surface area contributed by atoms with Gasteiger partial charge in [0.1, 0.15) is 0 Å². The lowest BCUT2D eigenvalue weighted by Crippen LogP contribution is -2.48. The van der Waals surface area contributed by atoms with E-state index >= 15 is 0 Å². The number of pyridine rings is 1. The molecule has 1 fully saturated rings. The first kappa shape index (κ1) is 17.2. The molecule has 0 saturated carbocycles. The first-order valence-electron chi connectivity index (χ1n) is 8.07. The van der Waals surface area contributed by atoms with E-state index in [4.69, 9.17) is 10.5 Å². The van der Waals surface area contributed by atoms with Crippen LogP contribution in [0.25, 0.3) is 0 Å². The zero-order valence-electron chi connectivity index (χ0n) is 14.0. The molecule has 126 valence electrons. The first-order valence-corrected chi connectivity index (χ1v) is 8.07. The quantitative estimate of drug-likeness (QED) is 0.897. The Morgan fingerprint density at radius 2 is 2.13 bits per heavy atom. The number of nitrogens with zero attached hydrogens (tertiary/aromatic N) is 2. The van der Waals surface area contributed by atoms with Crippen molar-refractivity contribution in [2.45, 2.75) is 39.7 Å². The fraction of sp³-hybridized carbons (Fsp3) is 0.588. The Balaban J connectivity index is 2.05. The van der Waals surface area contributed by atoms with E-state index in [0.29, 0.717) is 30.5 Å². The maximum atomic E-state index is 12.6. The van der Waals surface area contributed by atoms with Gasteiger partial charge in [0.25, 0.3) is 5.91 Å². The Kier molecular flexibility index (Phi) is 5.58. The van der Waals surface area contributed by atoms with Crippen LogP contribution in [0.3, 0.4) is 0 Å². The van der Waals surface area contributed by atoms with Crippen LogP contribution in [0.15, 0.2) is 18.3 Å². The molecule has 1 aliphatic heterocycles. The van der Waals surface area contributed by atoms with E-state index in [1.54, 1.807) is 17.0 Å². The third-order valence-corrected chi connectivity index (χ3v) is 4.09. The Morgan fingerprint density at radius 3 is 2.70 bits per heavy atom. The van der Waals surface area contributed by atoms with Crippen LogP contribution in [0.2, 0.25) is 0 Å². The lowest BCUT2D eigenvalue weighted by Gasteiger charge is -2.36. The minimum Gasteiger partial charge on any atom is -0.477 e. The van der Waals surface area contributed by atoms with Crippen LogP contribution >= 0.6 is 0 Å². The van der Waals surface area contributed by atoms with Crippen molar-refractivity contribution < 1.29 is 14.3 Å². The molecule has 0 aliphatic carbocycles. The smallest absolute Gasteiger partial charge is 0.255 e. The molecule has 1 aromatic heterocycles. The van der Waals surface area contributed by atoms with Crippen molar-refractivity contribution in [3.8, 4) is 5.88 Å². The maximum absolute atomic E-state index is 12.6. The van der Waals surface area contributed by atoms with Crippen LogP contribution in [-0.2, 0) is 4.79 Å². The minimum absolute atomic E-state index is 0.0926. The van der Waals surface area contributed by atoms with Crippen LogP contribution in [0, 0.1) is 11.8 Å². The van der Waals surface area contributed by atoms with E-state index < -0.39 is 0 Å². The molecule has 6 heteroatoms. The van der Waals surface area contributed by atoms with Crippen LogP contribution in [0.1, 0.15) is 44.0 Å². The van der Waals surface area contributed by atoms with E-state index in [0.717, 1.165) is 12.8 Å². The number of primary amides is 1. The van der Waals surface area contributed by atoms with E-state index in [1.165, 1.54) is 6.20 Å². The summed E-state index contributed by atoms with van der Waals surface area (Å²) in [6.45, 7) is 7.07. The van der Waals surface area contributed by atoms with Crippen LogP contribution in [0.4, 0.5) is 0 Å². The molecule has 6 nitrogen and oxygen atoms in total. The molecule has 1 aromatic rings. The summed E-state index contributed by atoms with van der Waals surface area (Å²) < 4.78 is 5.52. The maximum Gasteiger partial charge on any atom is 0.255 e. The van der Waals surface area contributed by atoms with Crippen LogP contribution < -0.4 is 10.5 Å². The Hall–Kier alpha value is -2.11. The largest absolute Gasteiger partial charge is 0.477 e. The number of hydrogen-bond acceptors (Lipinski definition) is 4. The molecule has 0 spiro atoms. The van der Waals surface area contributed by atoms with Gasteiger partial charge in [0, 0.05) is 24.8 Å². The first-order chi connectivity index (χ1) is 10.9. The van der Waals surface area contributed by atoms with Gasteiger partial charge < -0.3 is 15.4 Å². The molecule has 2 atom stereocenters. The molecule has 2 heterocycles. The Labute approximate surface area is 137 Å². The summed E-state index contributed by atoms with van der Waals surface area (Å²) in [6.07, 6.45) is 3.04. The normalized spacial score (nSPS) is 21.3. The van der Waals surface area contributed by atoms with Gasteiger partial charge in [-0.1, -0.05) is 13.8 Å². The number of likely N-dealkylation sites (tertiary alicyclic amines) is 1. The molecule has 2 N–H and O–H groups in total. The average Bonchev–Trinajstić information content (AvgIpc) is 2.53. The number of carbonyl (C=O) groups excluding carboxylic acids is 2. The van der Waals surface area contributed by atoms with Crippen molar-refractivity contribution in [2.75, 3.05) is 13.2 Å². The van der Waals surface area contributed by atoms with Gasteiger partial charge in [0.05, 0.1) is 18.1 Å². The van der Waals surface area contributed by atoms with Crippen molar-refractivity contribution in [1.29, 1.82) is 0 Å². The van der Waals surface area contributed by atoms with Gasteiger partial charge in [-0.05, 0) is 31.7 Å². The zero-order chi connectivity index (χ0) is 17.0. The van der Waals surface area contributed by atoms with Gasteiger partial charge >= 0.3 is 0 Å². The fourth-order valence-corrected chi connectivity index (χ4v) is 2.63. The molecule has 2 amide bonds. The van der Waals surface area contributed by atoms with Crippen molar-refractivity contribution in [3.05, 3.63) is 23.9 Å². The van der Waals surface area contributed by atoms with Gasteiger partial charge in [-0.15, -0.1) is 0 Å². The highest BCUT2D eigenvalue weighted by Gasteiger charge is 2.32. The fourth-order valence-electron chi connectivity index (χ4n) is 2.63. The number of aromatic nitrogens is 1. The molecule has 0 radical (unpaired) electrons. The van der Waals surface area contributed by atoms with Crippen molar-refractivity contribution >= 4 is 11.8 Å². The lowest BCUT2D eigenvalue weighted by molar-refractivity contribution is -0.123. The van der Waals surface area contributed by atoms with E-state index in [-0.39, 0.29) is 23.8 Å². The van der Waals surface area contributed by atoms with E-state index in [9.17, 15) is 9.59 Å². The Bertz CT molecular complexity index is 557. The third kappa shape index (κ3) is 4.43. The summed E-state index contributed by atoms with van der Waals surface area (Å²) in [5.41, 5.74) is 5.88. The van der Waals surface area contributed by atoms with Crippen molar-refractivity contribution in [2.24, 2.45) is 17.6 Å². The second-order valence-electron chi connectivity index (χ2n) is 6.57. The molecule has 0 aromatic carbocycles. The second kappa shape index (κ2) is 7.44. The summed E-state index contributed by atoms with van der Waals surface area (Å²) in [6, 6.07) is 3.51. The summed E-state index contributed by atoms with van der Waals surface area (Å²) in [5, 5.41) is 0. The molecule has 0 unspecified atom stereocenters. The number of piperidine rings is 1. The standard InChI is InChI=1S/C17H25N3O3/c1-11(2)10-23-15-7-6-13(8-19-15)17(22)20-9-14(16(18)21)5-4-12(20)3/h6-8,11-12,14H,4-5,9-10H2,1-3H3,(H2,18,21)/t12-,14-/m0/s1. The summed E-state index contributed by atoms with van der Waals surface area (Å²) in [4.78, 5) is 29.9. The highest BCUT2D eigenvalue weighted by Crippen LogP contribution is 2.23. The van der Waals surface area contributed by atoms with Gasteiger partial charge in [-0.3, -0.25) is 9.59 Å². The summed E-state index contributed by atoms with van der Waals surface area (Å²) in [7, 11) is 0. The predicted molar refractivity (Wildman–Crippen MR) is 87.0 cm³/mol. The lowest BCUT2D eigenvalue weighted by atomic mass is 9.92. The van der Waals surface area contributed by atoms with E-state index in [1.807, 2.05) is 6.92 Å². The Morgan fingerprint density at radius 1 is 1.39 bits per heavy atom. The van der Waals surface area contributed by atoms with Gasteiger partial charge in [-0.2, -0.15) is 0 Å². The van der Waals surface area contributed by atoms with Crippen molar-refractivity contribution in [3.63, 3.8) is 0 Å². The monoisotopic (exact) mass is 319 g/mol. The molecule has 1 aliphatic rings. The third-order valence-electron chi connectivity index (χ3n) is 4.09. The number of rotatable bonds is 5. The number of nitrogens with two attached hydrogens (primary N) is 1. The molecule has 0 bridgehead atoms. The highest BCUT2D eigenvalue weighted by molar-refractivity contribution is 5.94. The molecule has 1 saturated heterocycles. The number of carbonyl (C=O) groups is 2. The molecular weight excluding hydrogens is 294 g/mol. The number of ether oxygens (including phenoxy) is 1. The van der Waals surface area contributed by atoms with Gasteiger partial charge in [0.15, 0.2) is 0 Å². The van der Waals surface area contributed by atoms with Crippen molar-refractivity contribution in [1.82, 2.24) is 9.88 Å². The predicted octanol–water partition coefficient (Wildman–Crippen LogP) is 1.84. The molecule has 2 rings (SSSR count). The summed E-state index contributed by atoms with van der Waals surface area (Å²) >= 11 is 0. The minimum atomic E-state index is -0.342. The summed E-state index contributed by atoms with van der Waals surface area (Å²) in [5.74, 6) is 0.198. The van der Waals surface area contributed by atoms with E-state index in [2.05, 4.69) is 18.8 Å². The average molecular weight is 319 g/mol. The van der Waals surface area contributed by atoms with Gasteiger partial charge in [0.2, 0.25) is 11.8 Å². The van der Waals surface area contributed by atoms with Gasteiger partial charge in [-0.25, -0.2) is 4.98 Å². The highest BCUT2D eigenvalue weighted by atomic mass is 16.5. The zero-order valence-corrected chi connectivity index (χ0v) is 14.0. The second-order valence-corrected chi connectivity index (χ2v) is 6.57. The molecular formula is C17H25N3O3. The van der Waals surface area contributed by atoms with Crippen LogP contribution in [-0.4, -0.2) is 40.9 Å². The number of amides is 2. The number of hydrogen-bond donors (Lipinski definition) is 1. The molecule has 23 heavy (non-hydrogen) atoms. The topological polar surface area (TPSA) is 85.5 Å². The van der Waals surface area contributed by atoms with Crippen LogP contribution in [0.5, 0.6) is 5.88 Å².